The first-order valence-electron chi connectivity index (χ1n) is 6.89. The van der Waals surface area contributed by atoms with Gasteiger partial charge in [0.2, 0.25) is 0 Å². The summed E-state index contributed by atoms with van der Waals surface area (Å²) < 4.78 is 1.89. The van der Waals surface area contributed by atoms with Gasteiger partial charge in [-0.25, -0.2) is 0 Å². The third kappa shape index (κ3) is 77.0. The monoisotopic (exact) mass is 326 g/mol. The molecule has 8 heteroatoms. The molecule has 0 atom stereocenters. The molecular formula is C14H34N2O6. The Morgan fingerprint density at radius 2 is 0.909 bits per heavy atom. The van der Waals surface area contributed by atoms with Crippen LogP contribution in [0.4, 0.5) is 0 Å². The summed E-state index contributed by atoms with van der Waals surface area (Å²) in [4.78, 5) is 16.5. The molecule has 0 heterocycles. The van der Waals surface area contributed by atoms with Crippen LogP contribution in [0.1, 0.15) is 12.8 Å². The molecular weight excluding hydrogens is 292 g/mol. The number of aliphatic hydroxyl groups excluding tert-OH is 2. The number of aliphatic hydroxyl groups is 2. The predicted octanol–water partition coefficient (Wildman–Crippen LogP) is -3.12. The Labute approximate surface area is 134 Å². The molecule has 0 bridgehead atoms. The first kappa shape index (κ1) is 28.9. The highest BCUT2D eigenvalue weighted by Gasteiger charge is 2.04. The van der Waals surface area contributed by atoms with Crippen LogP contribution in [0.3, 0.4) is 0 Å². The Balaban J connectivity index is -0.000000109. The molecule has 0 rings (SSSR count). The lowest BCUT2D eigenvalue weighted by atomic mass is 10.4. The zero-order valence-electron chi connectivity index (χ0n) is 14.8. The first-order valence-corrected chi connectivity index (χ1v) is 6.89. The maximum atomic E-state index is 8.42. The zero-order valence-corrected chi connectivity index (χ0v) is 14.8. The smallest absolute Gasteiger partial charge is 0.0802 e. The normalized spacial score (nSPS) is 9.82. The summed E-state index contributed by atoms with van der Waals surface area (Å²) in [5, 5.41) is 33.3. The molecule has 0 saturated heterocycles. The summed E-state index contributed by atoms with van der Waals surface area (Å²) in [5.74, 6) is 0. The summed E-state index contributed by atoms with van der Waals surface area (Å²) in [6, 6.07) is 0. The Morgan fingerprint density at radius 3 is 0.955 bits per heavy atom. The van der Waals surface area contributed by atoms with Crippen LogP contribution in [-0.2, 0) is 9.59 Å². The van der Waals surface area contributed by atoms with Gasteiger partial charge in [0.05, 0.1) is 55.4 Å². The summed E-state index contributed by atoms with van der Waals surface area (Å²) >= 11 is 0. The number of quaternary nitrogens is 2. The Morgan fingerprint density at radius 1 is 0.727 bits per heavy atom. The van der Waals surface area contributed by atoms with Crippen molar-refractivity contribution < 1.29 is 39.0 Å². The van der Waals surface area contributed by atoms with Gasteiger partial charge in [0.1, 0.15) is 0 Å². The van der Waals surface area contributed by atoms with E-state index >= 15 is 0 Å². The van der Waals surface area contributed by atoms with Crippen LogP contribution in [0, 0.1) is 0 Å². The maximum absolute atomic E-state index is 8.42. The number of nitrogens with zero attached hydrogens (tertiary/aromatic N) is 2. The number of hydrogen-bond donors (Lipinski definition) is 2. The minimum Gasteiger partial charge on any atom is -0.554 e. The van der Waals surface area contributed by atoms with Crippen LogP contribution in [0.25, 0.3) is 0 Å². The number of carbonyl (C=O) groups is 2. The molecule has 0 aliphatic heterocycles. The minimum absolute atomic E-state index is 0.315. The Kier molecular flexibility index (Phi) is 26.0. The molecule has 0 amide bonds. The van der Waals surface area contributed by atoms with Crippen LogP contribution >= 0.6 is 0 Å². The average molecular weight is 326 g/mol. The zero-order chi connectivity index (χ0) is 18.7. The second-order valence-corrected chi connectivity index (χ2v) is 6.37. The van der Waals surface area contributed by atoms with Gasteiger partial charge in [-0.05, 0) is 0 Å². The lowest BCUT2D eigenvalue weighted by molar-refractivity contribution is -0.870. The van der Waals surface area contributed by atoms with Gasteiger partial charge in [-0.3, -0.25) is 0 Å². The van der Waals surface area contributed by atoms with Gasteiger partial charge in [0, 0.05) is 39.0 Å². The average Bonchev–Trinajstić information content (AvgIpc) is 2.35. The summed E-state index contributed by atoms with van der Waals surface area (Å²) in [6.07, 6.45) is 1.81. The van der Waals surface area contributed by atoms with Crippen LogP contribution < -0.4 is 10.2 Å². The fraction of sp³-hybridized carbons (Fsp3) is 0.857. The summed E-state index contributed by atoms with van der Waals surface area (Å²) in [7, 11) is 12.7. The van der Waals surface area contributed by atoms with Crippen molar-refractivity contribution >= 4 is 12.9 Å². The van der Waals surface area contributed by atoms with Gasteiger partial charge >= 0.3 is 0 Å². The molecule has 0 aromatic rings. The Bertz CT molecular complexity index is 200. The van der Waals surface area contributed by atoms with E-state index in [0.717, 1.165) is 34.9 Å². The standard InChI is InChI=1S/2C6H16NO.2CH2O2/c2*1-7(2,3)5-4-6-8;2*2-1-3/h2*8H,4-6H2,1-3H3;2*1H,(H,2,3)/q2*+1;;/p-2. The second-order valence-electron chi connectivity index (χ2n) is 6.37. The van der Waals surface area contributed by atoms with E-state index in [0.29, 0.717) is 13.2 Å². The third-order valence-electron chi connectivity index (χ3n) is 1.97. The largest absolute Gasteiger partial charge is 0.554 e. The Hall–Kier alpha value is -1.22. The van der Waals surface area contributed by atoms with Gasteiger partial charge in [0.25, 0.3) is 0 Å². The van der Waals surface area contributed by atoms with Crippen LogP contribution in [-0.4, -0.2) is 101 Å². The fourth-order valence-electron chi connectivity index (χ4n) is 1.09. The molecule has 0 fully saturated rings. The van der Waals surface area contributed by atoms with Gasteiger partial charge in [-0.2, -0.15) is 0 Å². The summed E-state index contributed by atoms with van der Waals surface area (Å²) in [6.45, 7) is 1.73. The molecule has 2 N–H and O–H groups in total. The number of carboxylic acid groups (broad SMARTS) is 2. The van der Waals surface area contributed by atoms with Crippen molar-refractivity contribution in [2.45, 2.75) is 12.8 Å². The molecule has 0 spiro atoms. The topological polar surface area (TPSA) is 121 Å². The van der Waals surface area contributed by atoms with E-state index in [1.54, 1.807) is 0 Å². The molecule has 0 aromatic carbocycles. The molecule has 8 nitrogen and oxygen atoms in total. The van der Waals surface area contributed by atoms with E-state index in [9.17, 15) is 0 Å². The predicted molar refractivity (Wildman–Crippen MR) is 81.3 cm³/mol. The maximum Gasteiger partial charge on any atom is 0.0802 e. The van der Waals surface area contributed by atoms with Crippen molar-refractivity contribution in [2.75, 3.05) is 68.6 Å². The lowest BCUT2D eigenvalue weighted by Gasteiger charge is -2.22. The third-order valence-corrected chi connectivity index (χ3v) is 1.97. The molecule has 136 valence electrons. The molecule has 0 unspecified atom stereocenters. The highest BCUT2D eigenvalue weighted by atomic mass is 16.3. The van der Waals surface area contributed by atoms with Gasteiger partial charge < -0.3 is 39.0 Å². The first-order chi connectivity index (χ1) is 9.95. The SMILES string of the molecule is C[N+](C)(C)CCCO.C[N+](C)(C)CCCO.O=C[O-].O=C[O-]. The quantitative estimate of drug-likeness (QED) is 0.393. The van der Waals surface area contributed by atoms with E-state index < -0.39 is 12.9 Å². The molecule has 0 aliphatic rings. The van der Waals surface area contributed by atoms with Crippen LogP contribution in [0.15, 0.2) is 0 Å². The summed E-state index contributed by atoms with van der Waals surface area (Å²) in [5.41, 5.74) is 0. The van der Waals surface area contributed by atoms with Gasteiger partial charge in [0.15, 0.2) is 0 Å². The van der Waals surface area contributed by atoms with Crippen molar-refractivity contribution in [1.29, 1.82) is 0 Å². The van der Waals surface area contributed by atoms with E-state index in [1.807, 2.05) is 0 Å². The lowest BCUT2D eigenvalue weighted by Crippen LogP contribution is -2.35. The van der Waals surface area contributed by atoms with E-state index in [2.05, 4.69) is 42.3 Å². The van der Waals surface area contributed by atoms with Crippen LogP contribution in [0.2, 0.25) is 0 Å². The second kappa shape index (κ2) is 19.8. The molecule has 0 saturated carbocycles. The number of rotatable bonds is 6. The van der Waals surface area contributed by atoms with Crippen molar-refractivity contribution in [2.24, 2.45) is 0 Å². The van der Waals surface area contributed by atoms with Crippen molar-refractivity contribution in [3.63, 3.8) is 0 Å². The number of carbonyl (C=O) groups excluding carboxylic acids is 2. The molecule has 0 aromatic heterocycles. The molecule has 0 aliphatic carbocycles. The molecule has 0 radical (unpaired) electrons. The van der Waals surface area contributed by atoms with Gasteiger partial charge in [-0.1, -0.05) is 0 Å². The van der Waals surface area contributed by atoms with Crippen molar-refractivity contribution in [1.82, 2.24) is 0 Å². The number of hydrogen-bond acceptors (Lipinski definition) is 6. The van der Waals surface area contributed by atoms with Crippen molar-refractivity contribution in [3.8, 4) is 0 Å². The van der Waals surface area contributed by atoms with E-state index in [-0.39, 0.29) is 0 Å². The van der Waals surface area contributed by atoms with Gasteiger partial charge in [-0.15, -0.1) is 0 Å². The van der Waals surface area contributed by atoms with E-state index in [4.69, 9.17) is 30.0 Å². The van der Waals surface area contributed by atoms with Crippen LogP contribution in [0.5, 0.6) is 0 Å². The highest BCUT2D eigenvalue weighted by Crippen LogP contribution is 1.91. The van der Waals surface area contributed by atoms with Crippen molar-refractivity contribution in [3.05, 3.63) is 0 Å². The molecule has 22 heavy (non-hydrogen) atoms. The van der Waals surface area contributed by atoms with E-state index in [1.165, 1.54) is 0 Å². The fourth-order valence-corrected chi connectivity index (χ4v) is 1.09. The highest BCUT2D eigenvalue weighted by molar-refractivity contribution is 5.29. The minimum atomic E-state index is -0.500.